The van der Waals surface area contributed by atoms with Gasteiger partial charge in [0.2, 0.25) is 5.91 Å². The molecule has 0 saturated heterocycles. The molecule has 6 nitrogen and oxygen atoms in total. The zero-order valence-corrected chi connectivity index (χ0v) is 15.5. The van der Waals surface area contributed by atoms with Crippen LogP contribution in [0.4, 0.5) is 0 Å². The SMILES string of the molecule is O=C(Cn1cnc2cc(Cl)ccc2c1=O)NCCCOCc1ccccc1. The maximum Gasteiger partial charge on any atom is 0.261 e. The molecule has 0 radical (unpaired) electrons. The van der Waals surface area contributed by atoms with E-state index in [9.17, 15) is 9.59 Å². The molecular weight excluding hydrogens is 366 g/mol. The van der Waals surface area contributed by atoms with Gasteiger partial charge >= 0.3 is 0 Å². The van der Waals surface area contributed by atoms with Gasteiger partial charge in [0, 0.05) is 18.2 Å². The second kappa shape index (κ2) is 9.30. The van der Waals surface area contributed by atoms with E-state index in [1.165, 1.54) is 10.9 Å². The summed E-state index contributed by atoms with van der Waals surface area (Å²) < 4.78 is 6.86. The Morgan fingerprint density at radius 3 is 2.81 bits per heavy atom. The number of hydrogen-bond acceptors (Lipinski definition) is 4. The second-order valence-electron chi connectivity index (χ2n) is 6.08. The fourth-order valence-corrected chi connectivity index (χ4v) is 2.79. The number of rotatable bonds is 8. The van der Waals surface area contributed by atoms with Crippen LogP contribution in [0.2, 0.25) is 5.02 Å². The van der Waals surface area contributed by atoms with E-state index in [2.05, 4.69) is 10.3 Å². The minimum absolute atomic E-state index is 0.0741. The van der Waals surface area contributed by atoms with E-state index in [0.717, 1.165) is 5.56 Å². The first-order valence-corrected chi connectivity index (χ1v) is 9.04. The van der Waals surface area contributed by atoms with Gasteiger partial charge in [0.25, 0.3) is 5.56 Å². The van der Waals surface area contributed by atoms with Crippen molar-refractivity contribution >= 4 is 28.4 Å². The standard InChI is InChI=1S/C20H20ClN3O3/c21-16-7-8-17-18(11-16)23-14-24(20(17)26)12-19(25)22-9-4-10-27-13-15-5-2-1-3-6-15/h1-3,5-8,11,14H,4,9-10,12-13H2,(H,22,25). The van der Waals surface area contributed by atoms with Crippen molar-refractivity contribution in [3.8, 4) is 0 Å². The van der Waals surface area contributed by atoms with Crippen LogP contribution in [0.1, 0.15) is 12.0 Å². The molecule has 0 bridgehead atoms. The fraction of sp³-hybridized carbons (Fsp3) is 0.250. The molecule has 1 heterocycles. The van der Waals surface area contributed by atoms with Gasteiger partial charge in [0.05, 0.1) is 23.8 Å². The van der Waals surface area contributed by atoms with Gasteiger partial charge in [-0.25, -0.2) is 4.98 Å². The molecule has 0 atom stereocenters. The average molecular weight is 386 g/mol. The van der Waals surface area contributed by atoms with Gasteiger partial charge < -0.3 is 10.1 Å². The quantitative estimate of drug-likeness (QED) is 0.605. The Morgan fingerprint density at radius 2 is 2.00 bits per heavy atom. The Labute approximate surface area is 161 Å². The van der Waals surface area contributed by atoms with Gasteiger partial charge in [-0.2, -0.15) is 0 Å². The molecule has 0 unspecified atom stereocenters. The number of amides is 1. The number of ether oxygens (including phenoxy) is 1. The van der Waals surface area contributed by atoms with E-state index in [1.807, 2.05) is 30.3 Å². The molecule has 1 amide bonds. The van der Waals surface area contributed by atoms with E-state index in [1.54, 1.807) is 18.2 Å². The first-order chi connectivity index (χ1) is 13.1. The topological polar surface area (TPSA) is 73.2 Å². The lowest BCUT2D eigenvalue weighted by Gasteiger charge is -2.08. The monoisotopic (exact) mass is 385 g/mol. The Balaban J connectivity index is 1.43. The van der Waals surface area contributed by atoms with E-state index >= 15 is 0 Å². The third-order valence-electron chi connectivity index (χ3n) is 4.00. The van der Waals surface area contributed by atoms with E-state index in [-0.39, 0.29) is 18.0 Å². The first-order valence-electron chi connectivity index (χ1n) is 8.66. The maximum absolute atomic E-state index is 12.4. The van der Waals surface area contributed by atoms with Crippen LogP contribution in [0.25, 0.3) is 10.9 Å². The summed E-state index contributed by atoms with van der Waals surface area (Å²) in [6.07, 6.45) is 2.06. The zero-order chi connectivity index (χ0) is 19.1. The molecule has 7 heteroatoms. The highest BCUT2D eigenvalue weighted by Crippen LogP contribution is 2.14. The Hall–Kier alpha value is -2.70. The van der Waals surface area contributed by atoms with Crippen LogP contribution in [0.3, 0.4) is 0 Å². The number of nitrogens with zero attached hydrogens (tertiary/aromatic N) is 2. The number of aromatic nitrogens is 2. The zero-order valence-electron chi connectivity index (χ0n) is 14.7. The van der Waals surface area contributed by atoms with Crippen LogP contribution in [0.15, 0.2) is 59.7 Å². The van der Waals surface area contributed by atoms with Crippen LogP contribution >= 0.6 is 11.6 Å². The van der Waals surface area contributed by atoms with Crippen LogP contribution in [0.5, 0.6) is 0 Å². The van der Waals surface area contributed by atoms with Crippen LogP contribution < -0.4 is 10.9 Å². The summed E-state index contributed by atoms with van der Waals surface area (Å²) in [7, 11) is 0. The molecule has 140 valence electrons. The summed E-state index contributed by atoms with van der Waals surface area (Å²) in [4.78, 5) is 28.6. The van der Waals surface area contributed by atoms with Crippen LogP contribution in [-0.4, -0.2) is 28.6 Å². The van der Waals surface area contributed by atoms with Gasteiger partial charge in [-0.3, -0.25) is 14.2 Å². The molecule has 1 N–H and O–H groups in total. The largest absolute Gasteiger partial charge is 0.377 e. The van der Waals surface area contributed by atoms with Crippen molar-refractivity contribution in [3.63, 3.8) is 0 Å². The molecule has 0 fully saturated rings. The van der Waals surface area contributed by atoms with Gasteiger partial charge in [-0.1, -0.05) is 41.9 Å². The number of nitrogens with one attached hydrogen (secondary N) is 1. The summed E-state index contributed by atoms with van der Waals surface area (Å²) in [5.41, 5.74) is 1.36. The maximum atomic E-state index is 12.4. The minimum Gasteiger partial charge on any atom is -0.377 e. The number of benzene rings is 2. The molecular formula is C20H20ClN3O3. The predicted molar refractivity (Wildman–Crippen MR) is 105 cm³/mol. The van der Waals surface area contributed by atoms with Crippen molar-refractivity contribution in [2.75, 3.05) is 13.2 Å². The summed E-state index contributed by atoms with van der Waals surface area (Å²) in [6.45, 7) is 1.51. The number of carbonyl (C=O) groups excluding carboxylic acids is 1. The first kappa shape index (κ1) is 19.1. The highest BCUT2D eigenvalue weighted by atomic mass is 35.5. The Bertz CT molecular complexity index is 973. The number of carbonyl (C=O) groups is 1. The third kappa shape index (κ3) is 5.39. The van der Waals surface area contributed by atoms with Crippen molar-refractivity contribution in [1.29, 1.82) is 0 Å². The molecule has 3 aromatic rings. The van der Waals surface area contributed by atoms with Gasteiger partial charge in [-0.15, -0.1) is 0 Å². The van der Waals surface area contributed by atoms with E-state index < -0.39 is 0 Å². The number of hydrogen-bond donors (Lipinski definition) is 1. The summed E-state index contributed by atoms with van der Waals surface area (Å²) in [5, 5.41) is 3.73. The fourth-order valence-electron chi connectivity index (χ4n) is 2.62. The summed E-state index contributed by atoms with van der Waals surface area (Å²) in [5.74, 6) is -0.240. The van der Waals surface area contributed by atoms with Gasteiger partial charge in [-0.05, 0) is 30.2 Å². The van der Waals surface area contributed by atoms with Crippen molar-refractivity contribution in [3.05, 3.63) is 75.8 Å². The lowest BCUT2D eigenvalue weighted by atomic mass is 10.2. The van der Waals surface area contributed by atoms with Crippen LogP contribution in [-0.2, 0) is 22.7 Å². The van der Waals surface area contributed by atoms with Crippen molar-refractivity contribution in [2.24, 2.45) is 0 Å². The predicted octanol–water partition coefficient (Wildman–Crippen LogP) is 2.77. The summed E-state index contributed by atoms with van der Waals surface area (Å²) in [6, 6.07) is 14.8. The molecule has 3 rings (SSSR count). The molecule has 0 aliphatic heterocycles. The second-order valence-corrected chi connectivity index (χ2v) is 6.52. The summed E-state index contributed by atoms with van der Waals surface area (Å²) >= 11 is 5.90. The molecule has 1 aromatic heterocycles. The van der Waals surface area contributed by atoms with Crippen LogP contribution in [0, 0.1) is 0 Å². The highest BCUT2D eigenvalue weighted by Gasteiger charge is 2.08. The Kier molecular flexibility index (Phi) is 6.57. The van der Waals surface area contributed by atoms with E-state index in [0.29, 0.717) is 42.1 Å². The Morgan fingerprint density at radius 1 is 1.19 bits per heavy atom. The lowest BCUT2D eigenvalue weighted by Crippen LogP contribution is -2.33. The molecule has 0 saturated carbocycles. The molecule has 2 aromatic carbocycles. The molecule has 0 aliphatic rings. The van der Waals surface area contributed by atoms with Crippen molar-refractivity contribution in [2.45, 2.75) is 19.6 Å². The van der Waals surface area contributed by atoms with Crippen molar-refractivity contribution < 1.29 is 9.53 Å². The molecule has 0 spiro atoms. The minimum atomic E-state index is -0.266. The van der Waals surface area contributed by atoms with Gasteiger partial charge in [0.15, 0.2) is 0 Å². The molecule has 0 aliphatic carbocycles. The normalized spacial score (nSPS) is 10.9. The average Bonchev–Trinajstić information content (AvgIpc) is 2.67. The van der Waals surface area contributed by atoms with Crippen molar-refractivity contribution in [1.82, 2.24) is 14.9 Å². The van der Waals surface area contributed by atoms with E-state index in [4.69, 9.17) is 16.3 Å². The lowest BCUT2D eigenvalue weighted by molar-refractivity contribution is -0.121. The smallest absolute Gasteiger partial charge is 0.261 e. The number of halogens is 1. The van der Waals surface area contributed by atoms with Gasteiger partial charge in [0.1, 0.15) is 6.54 Å². The third-order valence-corrected chi connectivity index (χ3v) is 4.24. The highest BCUT2D eigenvalue weighted by molar-refractivity contribution is 6.31. The number of fused-ring (bicyclic) bond motifs is 1. The molecule has 27 heavy (non-hydrogen) atoms.